The molecule has 1 unspecified atom stereocenters. The van der Waals surface area contributed by atoms with Gasteiger partial charge < -0.3 is 25.6 Å². The number of hydrogen-bond donors (Lipinski definition) is 4. The maximum Gasteiger partial charge on any atom is 0.407 e. The average molecular weight is 412 g/mol. The van der Waals surface area contributed by atoms with Gasteiger partial charge in [0.25, 0.3) is 0 Å². The lowest BCUT2D eigenvalue weighted by molar-refractivity contribution is -0.139. The Balaban J connectivity index is 1.52. The number of alkyl carbamates (subject to hydrolysis) is 1. The number of nitrogens with one attached hydrogen (secondary N) is 2. The Morgan fingerprint density at radius 3 is 2.17 bits per heavy atom. The molecule has 4 N–H and O–H groups in total. The Hall–Kier alpha value is -3.39. The quantitative estimate of drug-likeness (QED) is 0.525. The van der Waals surface area contributed by atoms with Crippen LogP contribution in [0, 0.1) is 0 Å². The van der Waals surface area contributed by atoms with Crippen LogP contribution in [-0.2, 0) is 14.3 Å². The van der Waals surface area contributed by atoms with Crippen LogP contribution in [0.3, 0.4) is 0 Å². The Kier molecular flexibility index (Phi) is 6.68. The van der Waals surface area contributed by atoms with Crippen LogP contribution in [0.2, 0.25) is 0 Å². The minimum absolute atomic E-state index is 0.0848. The summed E-state index contributed by atoms with van der Waals surface area (Å²) in [5.41, 5.74) is 4.42. The van der Waals surface area contributed by atoms with E-state index >= 15 is 0 Å². The summed E-state index contributed by atoms with van der Waals surface area (Å²) in [6, 6.07) is 15.0. The molecule has 0 saturated carbocycles. The second kappa shape index (κ2) is 9.41. The summed E-state index contributed by atoms with van der Waals surface area (Å²) in [5, 5.41) is 22.9. The van der Waals surface area contributed by atoms with Crippen LogP contribution in [-0.4, -0.2) is 53.5 Å². The zero-order valence-corrected chi connectivity index (χ0v) is 16.5. The van der Waals surface area contributed by atoms with Crippen LogP contribution in [0.1, 0.15) is 30.4 Å². The van der Waals surface area contributed by atoms with E-state index in [-0.39, 0.29) is 19.1 Å². The van der Waals surface area contributed by atoms with Gasteiger partial charge in [-0.1, -0.05) is 48.5 Å². The number of fused-ring (bicyclic) bond motifs is 3. The molecule has 1 aliphatic carbocycles. The summed E-state index contributed by atoms with van der Waals surface area (Å²) in [7, 11) is 0. The molecule has 0 radical (unpaired) electrons. The lowest BCUT2D eigenvalue weighted by Crippen LogP contribution is -2.47. The summed E-state index contributed by atoms with van der Waals surface area (Å²) in [6.45, 7) is 1.38. The van der Waals surface area contributed by atoms with Crippen molar-refractivity contribution in [3.63, 3.8) is 0 Å². The number of carboxylic acid groups (broad SMARTS) is 1. The fourth-order valence-corrected chi connectivity index (χ4v) is 3.53. The highest BCUT2D eigenvalue weighted by molar-refractivity contribution is 5.85. The number of aliphatic hydroxyl groups is 1. The molecule has 0 fully saturated rings. The van der Waals surface area contributed by atoms with Crippen LogP contribution < -0.4 is 10.6 Å². The zero-order chi connectivity index (χ0) is 21.7. The smallest absolute Gasteiger partial charge is 0.407 e. The molecule has 8 heteroatoms. The van der Waals surface area contributed by atoms with Crippen molar-refractivity contribution >= 4 is 18.0 Å². The molecule has 2 amide bonds. The molecule has 30 heavy (non-hydrogen) atoms. The third-order valence-corrected chi connectivity index (χ3v) is 4.99. The lowest BCUT2D eigenvalue weighted by Gasteiger charge is -2.17. The predicted molar refractivity (Wildman–Crippen MR) is 109 cm³/mol. The lowest BCUT2D eigenvalue weighted by atomic mass is 9.98. The molecule has 3 rings (SSSR count). The molecule has 0 bridgehead atoms. The number of ether oxygens (including phenoxy) is 1. The third-order valence-electron chi connectivity index (χ3n) is 4.99. The largest absolute Gasteiger partial charge is 0.481 e. The minimum Gasteiger partial charge on any atom is -0.481 e. The van der Waals surface area contributed by atoms with E-state index in [0.29, 0.717) is 0 Å². The normalized spacial score (nSPS) is 14.2. The fraction of sp³-hybridized carbons (Fsp3) is 0.318. The van der Waals surface area contributed by atoms with E-state index in [1.165, 1.54) is 6.92 Å². The molecule has 2 aromatic rings. The van der Waals surface area contributed by atoms with Crippen molar-refractivity contribution in [2.45, 2.75) is 31.4 Å². The number of carbonyl (C=O) groups is 3. The molecule has 2 atom stereocenters. The van der Waals surface area contributed by atoms with Crippen molar-refractivity contribution in [3.05, 3.63) is 59.7 Å². The van der Waals surface area contributed by atoms with E-state index in [4.69, 9.17) is 9.84 Å². The van der Waals surface area contributed by atoms with Crippen molar-refractivity contribution in [3.8, 4) is 11.1 Å². The number of carboxylic acids is 1. The van der Waals surface area contributed by atoms with Gasteiger partial charge in [-0.2, -0.15) is 0 Å². The van der Waals surface area contributed by atoms with Gasteiger partial charge in [-0.3, -0.25) is 9.59 Å². The van der Waals surface area contributed by atoms with Crippen LogP contribution >= 0.6 is 0 Å². The van der Waals surface area contributed by atoms with Crippen LogP contribution in [0.5, 0.6) is 0 Å². The molecule has 0 aliphatic heterocycles. The zero-order valence-electron chi connectivity index (χ0n) is 16.5. The Labute approximate surface area is 173 Å². The van der Waals surface area contributed by atoms with Crippen molar-refractivity contribution in [1.82, 2.24) is 10.6 Å². The number of benzene rings is 2. The summed E-state index contributed by atoms with van der Waals surface area (Å²) < 4.78 is 5.38. The predicted octanol–water partition coefficient (Wildman–Crippen LogP) is 1.87. The standard InChI is InChI=1S/C22H24N2O6/c1-13(21(28)23-11-14(25)10-20(26)27)24-22(29)30-12-19-17-8-4-2-6-15(17)16-7-3-5-9-18(16)19/h2-9,13-14,19,25H,10-12H2,1H3,(H,23,28)(H,24,29)(H,26,27)/t13-,14?/m1/s1. The summed E-state index contributed by atoms with van der Waals surface area (Å²) in [6.07, 6.45) is -2.41. The highest BCUT2D eigenvalue weighted by atomic mass is 16.5. The van der Waals surface area contributed by atoms with E-state index in [1.807, 2.05) is 48.5 Å². The van der Waals surface area contributed by atoms with Crippen molar-refractivity contribution < 1.29 is 29.3 Å². The molecular weight excluding hydrogens is 388 g/mol. The van der Waals surface area contributed by atoms with Gasteiger partial charge in [0.15, 0.2) is 0 Å². The highest BCUT2D eigenvalue weighted by Gasteiger charge is 2.29. The number of aliphatic carboxylic acids is 1. The topological polar surface area (TPSA) is 125 Å². The monoisotopic (exact) mass is 412 g/mol. The van der Waals surface area contributed by atoms with Gasteiger partial charge in [0.05, 0.1) is 12.5 Å². The van der Waals surface area contributed by atoms with E-state index in [2.05, 4.69) is 10.6 Å². The molecule has 1 aliphatic rings. The van der Waals surface area contributed by atoms with Gasteiger partial charge in [0.1, 0.15) is 12.6 Å². The first-order valence-electron chi connectivity index (χ1n) is 9.66. The highest BCUT2D eigenvalue weighted by Crippen LogP contribution is 2.44. The van der Waals surface area contributed by atoms with Crippen LogP contribution in [0.15, 0.2) is 48.5 Å². The van der Waals surface area contributed by atoms with E-state index < -0.39 is 36.5 Å². The Morgan fingerprint density at radius 2 is 1.60 bits per heavy atom. The maximum atomic E-state index is 12.2. The van der Waals surface area contributed by atoms with Gasteiger partial charge in [-0.25, -0.2) is 4.79 Å². The van der Waals surface area contributed by atoms with Gasteiger partial charge in [-0.05, 0) is 29.2 Å². The average Bonchev–Trinajstić information content (AvgIpc) is 3.04. The summed E-state index contributed by atoms with van der Waals surface area (Å²) in [4.78, 5) is 34.7. The SMILES string of the molecule is C[C@@H](NC(=O)OCC1c2ccccc2-c2ccccc21)C(=O)NCC(O)CC(=O)O. The third kappa shape index (κ3) is 4.96. The fourth-order valence-electron chi connectivity index (χ4n) is 3.53. The second-order valence-corrected chi connectivity index (χ2v) is 7.19. The van der Waals surface area contributed by atoms with Crippen LogP contribution in [0.25, 0.3) is 11.1 Å². The number of rotatable bonds is 8. The molecule has 0 spiro atoms. The molecule has 0 aromatic heterocycles. The van der Waals surface area contributed by atoms with Gasteiger partial charge in [-0.15, -0.1) is 0 Å². The first-order valence-corrected chi connectivity index (χ1v) is 9.66. The van der Waals surface area contributed by atoms with Crippen molar-refractivity contribution in [1.29, 1.82) is 0 Å². The molecule has 2 aromatic carbocycles. The molecule has 8 nitrogen and oxygen atoms in total. The number of aliphatic hydroxyl groups excluding tert-OH is 1. The van der Waals surface area contributed by atoms with Crippen LogP contribution in [0.4, 0.5) is 4.79 Å². The molecular formula is C22H24N2O6. The summed E-state index contributed by atoms with van der Waals surface area (Å²) >= 11 is 0. The van der Waals surface area contributed by atoms with Gasteiger partial charge in [0.2, 0.25) is 5.91 Å². The van der Waals surface area contributed by atoms with E-state index in [1.54, 1.807) is 0 Å². The summed E-state index contributed by atoms with van der Waals surface area (Å²) in [5.74, 6) is -1.80. The van der Waals surface area contributed by atoms with Crippen molar-refractivity contribution in [2.75, 3.05) is 13.2 Å². The minimum atomic E-state index is -1.20. The first kappa shape index (κ1) is 21.3. The maximum absolute atomic E-state index is 12.2. The molecule has 0 saturated heterocycles. The van der Waals surface area contributed by atoms with Crippen molar-refractivity contribution in [2.24, 2.45) is 0 Å². The van der Waals surface area contributed by atoms with Gasteiger partial charge >= 0.3 is 12.1 Å². The molecule has 0 heterocycles. The Morgan fingerprint density at radius 1 is 1.03 bits per heavy atom. The molecule has 158 valence electrons. The van der Waals surface area contributed by atoms with E-state index in [9.17, 15) is 19.5 Å². The van der Waals surface area contributed by atoms with E-state index in [0.717, 1.165) is 22.3 Å². The second-order valence-electron chi connectivity index (χ2n) is 7.19. The number of carbonyl (C=O) groups excluding carboxylic acids is 2. The Bertz CT molecular complexity index is 899. The first-order chi connectivity index (χ1) is 14.4. The number of amides is 2. The van der Waals surface area contributed by atoms with Gasteiger partial charge in [0, 0.05) is 12.5 Å². The number of hydrogen-bond acceptors (Lipinski definition) is 5.